The average molecular weight is 447 g/mol. The predicted octanol–water partition coefficient (Wildman–Crippen LogP) is 3.59. The molecule has 7 nitrogen and oxygen atoms in total. The zero-order valence-corrected chi connectivity index (χ0v) is 18.5. The van der Waals surface area contributed by atoms with Crippen LogP contribution in [0.25, 0.3) is 0 Å². The van der Waals surface area contributed by atoms with Crippen LogP contribution in [0, 0.1) is 0 Å². The van der Waals surface area contributed by atoms with Gasteiger partial charge in [-0.15, -0.1) is 0 Å². The SMILES string of the molecule is COc1ccc(C(=O)CC2(O)C(=O)N(CCOc3ccccc3)c3ccccc32)c(OC)c1. The summed E-state index contributed by atoms with van der Waals surface area (Å²) in [5.74, 6) is 0.571. The fraction of sp³-hybridized carbons (Fsp3) is 0.231. The molecule has 3 aromatic carbocycles. The summed E-state index contributed by atoms with van der Waals surface area (Å²) in [6.45, 7) is 0.466. The number of ketones is 1. The van der Waals surface area contributed by atoms with Crippen molar-refractivity contribution in [2.75, 3.05) is 32.3 Å². The maximum absolute atomic E-state index is 13.4. The Morgan fingerprint density at radius 3 is 2.39 bits per heavy atom. The van der Waals surface area contributed by atoms with Crippen molar-refractivity contribution in [3.8, 4) is 17.2 Å². The molecule has 3 aromatic rings. The van der Waals surface area contributed by atoms with Crippen molar-refractivity contribution in [1.29, 1.82) is 0 Å². The van der Waals surface area contributed by atoms with Gasteiger partial charge in [-0.2, -0.15) is 0 Å². The number of carbonyl (C=O) groups is 2. The molecule has 1 unspecified atom stereocenters. The third kappa shape index (κ3) is 4.27. The topological polar surface area (TPSA) is 85.3 Å². The second kappa shape index (κ2) is 9.34. The summed E-state index contributed by atoms with van der Waals surface area (Å²) in [6.07, 6.45) is -0.415. The van der Waals surface area contributed by atoms with Crippen molar-refractivity contribution in [2.45, 2.75) is 12.0 Å². The number of hydrogen-bond donors (Lipinski definition) is 1. The van der Waals surface area contributed by atoms with Crippen LogP contribution >= 0.6 is 0 Å². The molecular weight excluding hydrogens is 422 g/mol. The zero-order chi connectivity index (χ0) is 23.4. The molecule has 0 aliphatic carbocycles. The largest absolute Gasteiger partial charge is 0.497 e. The summed E-state index contributed by atoms with van der Waals surface area (Å²) in [5, 5.41) is 11.5. The summed E-state index contributed by atoms with van der Waals surface area (Å²) >= 11 is 0. The number of ether oxygens (including phenoxy) is 3. The maximum atomic E-state index is 13.4. The molecule has 0 saturated heterocycles. The second-order valence-electron chi connectivity index (χ2n) is 7.66. The number of Topliss-reactive ketones (excluding diaryl/α,β-unsaturated/α-hetero) is 1. The molecule has 0 fully saturated rings. The summed E-state index contributed by atoms with van der Waals surface area (Å²) < 4.78 is 16.2. The van der Waals surface area contributed by atoms with E-state index in [4.69, 9.17) is 14.2 Å². The van der Waals surface area contributed by atoms with E-state index in [1.165, 1.54) is 19.1 Å². The van der Waals surface area contributed by atoms with Crippen LogP contribution in [-0.2, 0) is 10.4 Å². The van der Waals surface area contributed by atoms with Gasteiger partial charge in [-0.3, -0.25) is 9.59 Å². The first-order chi connectivity index (χ1) is 16.0. The Kier molecular flexibility index (Phi) is 6.33. The first-order valence-corrected chi connectivity index (χ1v) is 10.5. The van der Waals surface area contributed by atoms with Gasteiger partial charge in [0.25, 0.3) is 5.91 Å². The Bertz CT molecular complexity index is 1160. The highest BCUT2D eigenvalue weighted by molar-refractivity contribution is 6.11. The lowest BCUT2D eigenvalue weighted by Crippen LogP contribution is -2.43. The van der Waals surface area contributed by atoms with E-state index in [1.807, 2.05) is 30.3 Å². The van der Waals surface area contributed by atoms with Crippen LogP contribution in [0.5, 0.6) is 17.2 Å². The number of nitrogens with zero attached hydrogens (tertiary/aromatic N) is 1. The van der Waals surface area contributed by atoms with Crippen LogP contribution in [0.4, 0.5) is 5.69 Å². The van der Waals surface area contributed by atoms with Gasteiger partial charge >= 0.3 is 0 Å². The van der Waals surface area contributed by atoms with Crippen LogP contribution < -0.4 is 19.1 Å². The van der Waals surface area contributed by atoms with Crippen molar-refractivity contribution in [2.24, 2.45) is 0 Å². The predicted molar refractivity (Wildman–Crippen MR) is 123 cm³/mol. The molecule has 33 heavy (non-hydrogen) atoms. The molecule has 1 N–H and O–H groups in total. The monoisotopic (exact) mass is 447 g/mol. The summed E-state index contributed by atoms with van der Waals surface area (Å²) in [7, 11) is 2.97. The fourth-order valence-corrected chi connectivity index (χ4v) is 4.03. The minimum atomic E-state index is -1.98. The number of fused-ring (bicyclic) bond motifs is 1. The van der Waals surface area contributed by atoms with Crippen LogP contribution in [0.3, 0.4) is 0 Å². The van der Waals surface area contributed by atoms with E-state index in [1.54, 1.807) is 42.5 Å². The Morgan fingerprint density at radius 1 is 0.939 bits per heavy atom. The molecule has 7 heteroatoms. The van der Waals surface area contributed by atoms with Gasteiger partial charge < -0.3 is 24.2 Å². The molecule has 0 aromatic heterocycles. The quantitative estimate of drug-likeness (QED) is 0.505. The van der Waals surface area contributed by atoms with Gasteiger partial charge in [-0.25, -0.2) is 0 Å². The number of rotatable bonds is 9. The second-order valence-corrected chi connectivity index (χ2v) is 7.66. The molecule has 1 aliphatic heterocycles. The normalized spacial score (nSPS) is 16.9. The Morgan fingerprint density at radius 2 is 1.67 bits per heavy atom. The van der Waals surface area contributed by atoms with Crippen LogP contribution in [0.15, 0.2) is 72.8 Å². The van der Waals surface area contributed by atoms with E-state index < -0.39 is 23.7 Å². The lowest BCUT2D eigenvalue weighted by molar-refractivity contribution is -0.135. The third-order valence-corrected chi connectivity index (χ3v) is 5.69. The fourth-order valence-electron chi connectivity index (χ4n) is 4.03. The third-order valence-electron chi connectivity index (χ3n) is 5.69. The number of methoxy groups -OCH3 is 2. The van der Waals surface area contributed by atoms with Gasteiger partial charge in [0.15, 0.2) is 11.4 Å². The van der Waals surface area contributed by atoms with E-state index in [-0.39, 0.29) is 18.7 Å². The van der Waals surface area contributed by atoms with E-state index >= 15 is 0 Å². The highest BCUT2D eigenvalue weighted by atomic mass is 16.5. The molecule has 170 valence electrons. The number of para-hydroxylation sites is 2. The first-order valence-electron chi connectivity index (χ1n) is 10.5. The number of carbonyl (C=O) groups excluding carboxylic acids is 2. The molecule has 1 aliphatic rings. The Hall–Kier alpha value is -3.84. The lowest BCUT2D eigenvalue weighted by Gasteiger charge is -2.23. The standard InChI is InChI=1S/C26H25NO6/c1-31-19-12-13-20(24(16-19)32-2)23(28)17-26(30)21-10-6-7-11-22(21)27(25(26)29)14-15-33-18-8-4-3-5-9-18/h3-13,16,30H,14-15,17H2,1-2H3. The summed E-state index contributed by atoms with van der Waals surface area (Å²) in [4.78, 5) is 28.0. The van der Waals surface area contributed by atoms with E-state index in [0.717, 1.165) is 0 Å². The number of amides is 1. The van der Waals surface area contributed by atoms with Gasteiger partial charge in [-0.1, -0.05) is 36.4 Å². The van der Waals surface area contributed by atoms with Crippen molar-refractivity contribution >= 4 is 17.4 Å². The van der Waals surface area contributed by atoms with Crippen LogP contribution in [0.2, 0.25) is 0 Å². The van der Waals surface area contributed by atoms with Gasteiger partial charge in [0, 0.05) is 11.6 Å². The van der Waals surface area contributed by atoms with Crippen molar-refractivity contribution in [1.82, 2.24) is 0 Å². The molecule has 0 bridgehead atoms. The minimum Gasteiger partial charge on any atom is -0.497 e. The van der Waals surface area contributed by atoms with Gasteiger partial charge in [0.1, 0.15) is 23.9 Å². The number of benzene rings is 3. The number of anilines is 1. The van der Waals surface area contributed by atoms with Gasteiger partial charge in [0.05, 0.1) is 38.4 Å². The van der Waals surface area contributed by atoms with E-state index in [9.17, 15) is 14.7 Å². The summed E-state index contributed by atoms with van der Waals surface area (Å²) in [5.41, 5.74) is -0.750. The zero-order valence-electron chi connectivity index (χ0n) is 18.5. The molecule has 0 radical (unpaired) electrons. The lowest BCUT2D eigenvalue weighted by atomic mass is 9.88. The first kappa shape index (κ1) is 22.4. The molecule has 1 heterocycles. The van der Waals surface area contributed by atoms with Gasteiger partial charge in [0.2, 0.25) is 0 Å². The van der Waals surface area contributed by atoms with Crippen molar-refractivity contribution < 1.29 is 28.9 Å². The molecule has 1 amide bonds. The van der Waals surface area contributed by atoms with Crippen LogP contribution in [0.1, 0.15) is 22.3 Å². The molecule has 4 rings (SSSR count). The minimum absolute atomic E-state index is 0.229. The summed E-state index contributed by atoms with van der Waals surface area (Å²) in [6, 6.07) is 21.0. The maximum Gasteiger partial charge on any atom is 0.264 e. The van der Waals surface area contributed by atoms with E-state index in [0.29, 0.717) is 28.5 Å². The molecular formula is C26H25NO6. The average Bonchev–Trinajstić information content (AvgIpc) is 3.06. The number of aliphatic hydroxyl groups is 1. The Labute approximate surface area is 192 Å². The Balaban J connectivity index is 1.57. The highest BCUT2D eigenvalue weighted by Crippen LogP contribution is 2.43. The smallest absolute Gasteiger partial charge is 0.264 e. The molecule has 0 saturated carbocycles. The van der Waals surface area contributed by atoms with Gasteiger partial charge in [-0.05, 0) is 30.3 Å². The van der Waals surface area contributed by atoms with Crippen molar-refractivity contribution in [3.05, 3.63) is 83.9 Å². The highest BCUT2D eigenvalue weighted by Gasteiger charge is 2.50. The van der Waals surface area contributed by atoms with Crippen LogP contribution in [-0.4, -0.2) is 44.2 Å². The van der Waals surface area contributed by atoms with Crippen molar-refractivity contribution in [3.63, 3.8) is 0 Å². The molecule has 0 spiro atoms. The van der Waals surface area contributed by atoms with E-state index in [2.05, 4.69) is 0 Å². The number of hydrogen-bond acceptors (Lipinski definition) is 6. The molecule has 1 atom stereocenters.